The molecule has 0 saturated carbocycles. The van der Waals surface area contributed by atoms with E-state index in [9.17, 15) is 5.11 Å². The number of halogens is 1. The number of aliphatic hydroxyl groups excluding tert-OH is 1. The second-order valence-corrected chi connectivity index (χ2v) is 4.92. The highest BCUT2D eigenvalue weighted by Gasteiger charge is 2.19. The third-order valence-corrected chi connectivity index (χ3v) is 3.07. The quantitative estimate of drug-likeness (QED) is 0.833. The molecule has 0 radical (unpaired) electrons. The molecule has 1 N–H and O–H groups in total. The van der Waals surface area contributed by atoms with Crippen molar-refractivity contribution in [2.75, 3.05) is 0 Å². The van der Waals surface area contributed by atoms with E-state index in [1.807, 2.05) is 25.1 Å². The van der Waals surface area contributed by atoms with Crippen molar-refractivity contribution in [2.45, 2.75) is 33.3 Å². The largest absolute Gasteiger partial charge is 0.393 e. The van der Waals surface area contributed by atoms with Gasteiger partial charge in [0.2, 0.25) is 0 Å². The number of hydrogen-bond acceptors (Lipinski definition) is 1. The summed E-state index contributed by atoms with van der Waals surface area (Å²) in [6, 6.07) is 7.86. The van der Waals surface area contributed by atoms with Crippen LogP contribution < -0.4 is 0 Å². The van der Waals surface area contributed by atoms with Crippen molar-refractivity contribution in [3.05, 3.63) is 34.9 Å². The zero-order valence-corrected chi connectivity index (χ0v) is 10.3. The molecule has 84 valence electrons. The molecule has 1 nitrogen and oxygen atoms in total. The van der Waals surface area contributed by atoms with Gasteiger partial charge in [-0.1, -0.05) is 37.6 Å². The Kier molecular flexibility index (Phi) is 4.62. The first-order valence-corrected chi connectivity index (χ1v) is 5.81. The molecular weight excluding hydrogens is 208 g/mol. The van der Waals surface area contributed by atoms with Gasteiger partial charge in [0.1, 0.15) is 0 Å². The van der Waals surface area contributed by atoms with E-state index in [4.69, 9.17) is 11.6 Å². The number of rotatable bonds is 4. The Morgan fingerprint density at radius 2 is 1.93 bits per heavy atom. The summed E-state index contributed by atoms with van der Waals surface area (Å²) in [6.07, 6.45) is 0.611. The normalized spacial score (nSPS) is 15.3. The Bertz CT molecular complexity index is 299. The van der Waals surface area contributed by atoms with Crippen molar-refractivity contribution in [3.63, 3.8) is 0 Å². The van der Waals surface area contributed by atoms with Gasteiger partial charge in [0.05, 0.1) is 6.10 Å². The Morgan fingerprint density at radius 3 is 2.40 bits per heavy atom. The predicted molar refractivity (Wildman–Crippen MR) is 65.2 cm³/mol. The van der Waals surface area contributed by atoms with Crippen molar-refractivity contribution >= 4 is 11.6 Å². The topological polar surface area (TPSA) is 20.2 Å². The van der Waals surface area contributed by atoms with Gasteiger partial charge in [-0.15, -0.1) is 0 Å². The maximum absolute atomic E-state index is 9.68. The average Bonchev–Trinajstić information content (AvgIpc) is 2.13. The lowest BCUT2D eigenvalue weighted by Crippen LogP contribution is -2.24. The summed E-state index contributed by atoms with van der Waals surface area (Å²) in [5.74, 6) is 0.771. The van der Waals surface area contributed by atoms with E-state index in [0.29, 0.717) is 11.8 Å². The van der Waals surface area contributed by atoms with Crippen LogP contribution in [0.15, 0.2) is 24.3 Å². The lowest BCUT2D eigenvalue weighted by Gasteiger charge is -2.23. The highest BCUT2D eigenvalue weighted by molar-refractivity contribution is 6.30. The molecule has 0 aliphatic carbocycles. The zero-order valence-electron chi connectivity index (χ0n) is 9.57. The van der Waals surface area contributed by atoms with E-state index in [2.05, 4.69) is 19.9 Å². The molecule has 0 bridgehead atoms. The maximum atomic E-state index is 9.68. The van der Waals surface area contributed by atoms with E-state index in [1.54, 1.807) is 0 Å². The van der Waals surface area contributed by atoms with Gasteiger partial charge < -0.3 is 5.11 Å². The molecule has 2 atom stereocenters. The van der Waals surface area contributed by atoms with Gasteiger partial charge in [0.25, 0.3) is 0 Å². The third kappa shape index (κ3) is 3.84. The zero-order chi connectivity index (χ0) is 11.4. The smallest absolute Gasteiger partial charge is 0.0545 e. The van der Waals surface area contributed by atoms with E-state index in [-0.39, 0.29) is 6.10 Å². The van der Waals surface area contributed by atoms with E-state index in [0.717, 1.165) is 11.4 Å². The fourth-order valence-electron chi connectivity index (χ4n) is 1.90. The van der Waals surface area contributed by atoms with Crippen molar-refractivity contribution in [1.29, 1.82) is 0 Å². The molecule has 2 unspecified atom stereocenters. The first-order valence-electron chi connectivity index (χ1n) is 5.43. The van der Waals surface area contributed by atoms with Crippen LogP contribution in [0, 0.1) is 11.8 Å². The van der Waals surface area contributed by atoms with Gasteiger partial charge in [-0.3, -0.25) is 0 Å². The molecule has 1 aromatic carbocycles. The van der Waals surface area contributed by atoms with Crippen LogP contribution in [-0.2, 0) is 6.42 Å². The molecule has 1 aromatic rings. The van der Waals surface area contributed by atoms with Gasteiger partial charge in [-0.25, -0.2) is 0 Å². The molecule has 0 spiro atoms. The SMILES string of the molecule is CC(C)C(Cc1cccc(Cl)c1)C(C)O. The fraction of sp³-hybridized carbons (Fsp3) is 0.538. The summed E-state index contributed by atoms with van der Waals surface area (Å²) in [5, 5.41) is 10.4. The minimum Gasteiger partial charge on any atom is -0.393 e. The monoisotopic (exact) mass is 226 g/mol. The first kappa shape index (κ1) is 12.5. The molecule has 0 saturated heterocycles. The fourth-order valence-corrected chi connectivity index (χ4v) is 2.11. The minimum absolute atomic E-state index is 0.274. The molecule has 0 aromatic heterocycles. The van der Waals surface area contributed by atoms with Crippen LogP contribution in [-0.4, -0.2) is 11.2 Å². The maximum Gasteiger partial charge on any atom is 0.0545 e. The first-order chi connectivity index (χ1) is 7.00. The molecule has 0 heterocycles. The van der Waals surface area contributed by atoms with Crippen LogP contribution in [0.3, 0.4) is 0 Å². The van der Waals surface area contributed by atoms with Crippen molar-refractivity contribution in [3.8, 4) is 0 Å². The van der Waals surface area contributed by atoms with Crippen LogP contribution in [0.25, 0.3) is 0 Å². The Balaban J connectivity index is 2.74. The van der Waals surface area contributed by atoms with Crippen molar-refractivity contribution in [1.82, 2.24) is 0 Å². The van der Waals surface area contributed by atoms with Gasteiger partial charge in [0, 0.05) is 5.02 Å². The third-order valence-electron chi connectivity index (χ3n) is 2.84. The highest BCUT2D eigenvalue weighted by atomic mass is 35.5. The van der Waals surface area contributed by atoms with Crippen LogP contribution in [0.5, 0.6) is 0 Å². The standard InChI is InChI=1S/C13H19ClO/c1-9(2)13(10(3)15)8-11-5-4-6-12(14)7-11/h4-7,9-10,13,15H,8H2,1-3H3. The Morgan fingerprint density at radius 1 is 1.27 bits per heavy atom. The summed E-state index contributed by atoms with van der Waals surface area (Å²) in [5.41, 5.74) is 1.20. The molecule has 0 aliphatic heterocycles. The van der Waals surface area contributed by atoms with Crippen LogP contribution in [0.4, 0.5) is 0 Å². The van der Waals surface area contributed by atoms with E-state index < -0.39 is 0 Å². The predicted octanol–water partition coefficient (Wildman–Crippen LogP) is 3.54. The summed E-state index contributed by atoms with van der Waals surface area (Å²) < 4.78 is 0. The number of aliphatic hydroxyl groups is 1. The van der Waals surface area contributed by atoms with Gasteiger partial charge in [-0.05, 0) is 42.9 Å². The van der Waals surface area contributed by atoms with Crippen LogP contribution in [0.1, 0.15) is 26.3 Å². The second kappa shape index (κ2) is 5.53. The van der Waals surface area contributed by atoms with Crippen LogP contribution >= 0.6 is 11.6 Å². The lowest BCUT2D eigenvalue weighted by atomic mass is 9.85. The Hall–Kier alpha value is -0.530. The summed E-state index contributed by atoms with van der Waals surface area (Å²) in [6.45, 7) is 6.14. The molecule has 1 rings (SSSR count). The van der Waals surface area contributed by atoms with Crippen molar-refractivity contribution < 1.29 is 5.11 Å². The average molecular weight is 227 g/mol. The summed E-state index contributed by atoms with van der Waals surface area (Å²) in [7, 11) is 0. The number of benzene rings is 1. The molecule has 0 fully saturated rings. The molecular formula is C13H19ClO. The number of hydrogen-bond donors (Lipinski definition) is 1. The molecule has 0 aliphatic rings. The Labute approximate surface area is 97.1 Å². The second-order valence-electron chi connectivity index (χ2n) is 4.48. The van der Waals surface area contributed by atoms with E-state index in [1.165, 1.54) is 5.56 Å². The van der Waals surface area contributed by atoms with Gasteiger partial charge in [-0.2, -0.15) is 0 Å². The molecule has 0 amide bonds. The van der Waals surface area contributed by atoms with Crippen LogP contribution in [0.2, 0.25) is 5.02 Å². The van der Waals surface area contributed by atoms with Crippen molar-refractivity contribution in [2.24, 2.45) is 11.8 Å². The van der Waals surface area contributed by atoms with Gasteiger partial charge >= 0.3 is 0 Å². The lowest BCUT2D eigenvalue weighted by molar-refractivity contribution is 0.0977. The van der Waals surface area contributed by atoms with E-state index >= 15 is 0 Å². The summed E-state index contributed by atoms with van der Waals surface area (Å²) >= 11 is 5.92. The molecule has 15 heavy (non-hydrogen) atoms. The summed E-state index contributed by atoms with van der Waals surface area (Å²) in [4.78, 5) is 0. The minimum atomic E-state index is -0.274. The molecule has 2 heteroatoms. The van der Waals surface area contributed by atoms with Gasteiger partial charge in [0.15, 0.2) is 0 Å². The highest BCUT2D eigenvalue weighted by Crippen LogP contribution is 2.22.